The van der Waals surface area contributed by atoms with E-state index in [4.69, 9.17) is 4.74 Å². The van der Waals surface area contributed by atoms with Crippen LogP contribution in [0.2, 0.25) is 0 Å². The highest BCUT2D eigenvalue weighted by atomic mass is 16.5. The second-order valence-electron chi connectivity index (χ2n) is 6.30. The van der Waals surface area contributed by atoms with Crippen molar-refractivity contribution < 1.29 is 14.3 Å². The third-order valence-corrected chi connectivity index (χ3v) is 4.38. The second kappa shape index (κ2) is 8.56. The maximum absolute atomic E-state index is 12.2. The molecule has 23 heavy (non-hydrogen) atoms. The normalized spacial score (nSPS) is 22.0. The average molecular weight is 318 g/mol. The number of carbonyl (C=O) groups excluding carboxylic acids is 2. The van der Waals surface area contributed by atoms with E-state index in [-0.39, 0.29) is 18.6 Å². The second-order valence-corrected chi connectivity index (χ2v) is 6.30. The van der Waals surface area contributed by atoms with Gasteiger partial charge in [-0.3, -0.25) is 4.79 Å². The minimum Gasteiger partial charge on any atom is -0.445 e. The summed E-state index contributed by atoms with van der Waals surface area (Å²) in [5.74, 6) is 0.338. The quantitative estimate of drug-likeness (QED) is 0.877. The molecule has 0 heterocycles. The fourth-order valence-corrected chi connectivity index (χ4v) is 2.85. The SMILES string of the molecule is CC(NC(=O)OCc1ccccc1)C(=O)NC1CCCCC1C. The van der Waals surface area contributed by atoms with Crippen LogP contribution in [0.1, 0.15) is 45.1 Å². The van der Waals surface area contributed by atoms with Crippen molar-refractivity contribution >= 4 is 12.0 Å². The molecule has 3 atom stereocenters. The first-order valence-electron chi connectivity index (χ1n) is 8.34. The summed E-state index contributed by atoms with van der Waals surface area (Å²) in [5, 5.41) is 5.62. The molecule has 0 bridgehead atoms. The van der Waals surface area contributed by atoms with Crippen molar-refractivity contribution in [3.8, 4) is 0 Å². The van der Waals surface area contributed by atoms with Crippen LogP contribution in [0.4, 0.5) is 4.79 Å². The minimum atomic E-state index is -0.604. The number of hydrogen-bond donors (Lipinski definition) is 2. The molecular formula is C18H26N2O3. The van der Waals surface area contributed by atoms with Crippen LogP contribution in [-0.2, 0) is 16.1 Å². The van der Waals surface area contributed by atoms with E-state index in [9.17, 15) is 9.59 Å². The van der Waals surface area contributed by atoms with Crippen LogP contribution >= 0.6 is 0 Å². The molecule has 3 unspecified atom stereocenters. The smallest absolute Gasteiger partial charge is 0.408 e. The largest absolute Gasteiger partial charge is 0.445 e. The standard InChI is InChI=1S/C18H26N2O3/c1-13-8-6-7-11-16(13)20-17(21)14(2)19-18(22)23-12-15-9-4-3-5-10-15/h3-5,9-10,13-14,16H,6-8,11-12H2,1-2H3,(H,19,22)(H,20,21). The zero-order chi connectivity index (χ0) is 16.7. The lowest BCUT2D eigenvalue weighted by atomic mass is 9.86. The Kier molecular flexibility index (Phi) is 6.44. The van der Waals surface area contributed by atoms with Crippen molar-refractivity contribution in [3.63, 3.8) is 0 Å². The molecule has 5 nitrogen and oxygen atoms in total. The van der Waals surface area contributed by atoms with Gasteiger partial charge in [0.05, 0.1) is 0 Å². The Morgan fingerprint density at radius 1 is 1.22 bits per heavy atom. The molecule has 2 amide bonds. The first-order chi connectivity index (χ1) is 11.1. The molecule has 0 aliphatic heterocycles. The van der Waals surface area contributed by atoms with Gasteiger partial charge < -0.3 is 15.4 Å². The van der Waals surface area contributed by atoms with Crippen molar-refractivity contribution in [2.75, 3.05) is 0 Å². The van der Waals surface area contributed by atoms with E-state index in [0.29, 0.717) is 5.92 Å². The van der Waals surface area contributed by atoms with E-state index >= 15 is 0 Å². The molecule has 5 heteroatoms. The van der Waals surface area contributed by atoms with Gasteiger partial charge in [0.15, 0.2) is 0 Å². The lowest BCUT2D eigenvalue weighted by molar-refractivity contribution is -0.124. The summed E-state index contributed by atoms with van der Waals surface area (Å²) in [6.45, 7) is 4.03. The number of benzene rings is 1. The maximum Gasteiger partial charge on any atom is 0.408 e. The topological polar surface area (TPSA) is 67.4 Å². The average Bonchev–Trinajstić information content (AvgIpc) is 2.56. The molecule has 1 aromatic rings. The van der Waals surface area contributed by atoms with Gasteiger partial charge in [-0.25, -0.2) is 4.79 Å². The predicted molar refractivity (Wildman–Crippen MR) is 88.8 cm³/mol. The molecule has 1 aliphatic carbocycles. The summed E-state index contributed by atoms with van der Waals surface area (Å²) >= 11 is 0. The first kappa shape index (κ1) is 17.3. The highest BCUT2D eigenvalue weighted by Gasteiger charge is 2.25. The van der Waals surface area contributed by atoms with Gasteiger partial charge in [-0.15, -0.1) is 0 Å². The van der Waals surface area contributed by atoms with Gasteiger partial charge in [0.1, 0.15) is 12.6 Å². The number of rotatable bonds is 5. The summed E-state index contributed by atoms with van der Waals surface area (Å²) < 4.78 is 5.13. The number of ether oxygens (including phenoxy) is 1. The summed E-state index contributed by atoms with van der Waals surface area (Å²) in [6.07, 6.45) is 3.96. The number of amides is 2. The predicted octanol–water partition coefficient (Wildman–Crippen LogP) is 3.00. The van der Waals surface area contributed by atoms with Crippen LogP contribution in [0, 0.1) is 5.92 Å². The number of carbonyl (C=O) groups is 2. The molecule has 1 aromatic carbocycles. The summed E-state index contributed by atoms with van der Waals surface area (Å²) in [4.78, 5) is 24.0. The molecule has 1 aliphatic rings. The van der Waals surface area contributed by atoms with Crippen LogP contribution in [0.15, 0.2) is 30.3 Å². The lowest BCUT2D eigenvalue weighted by Crippen LogP contribution is -2.50. The van der Waals surface area contributed by atoms with E-state index in [1.807, 2.05) is 30.3 Å². The van der Waals surface area contributed by atoms with E-state index in [2.05, 4.69) is 17.6 Å². The molecule has 126 valence electrons. The van der Waals surface area contributed by atoms with Crippen molar-refractivity contribution in [1.29, 1.82) is 0 Å². The minimum absolute atomic E-state index is 0.152. The molecular weight excluding hydrogens is 292 g/mol. The Morgan fingerprint density at radius 3 is 2.61 bits per heavy atom. The van der Waals surface area contributed by atoms with Gasteiger partial charge >= 0.3 is 6.09 Å². The molecule has 2 N–H and O–H groups in total. The zero-order valence-electron chi connectivity index (χ0n) is 13.9. The third-order valence-electron chi connectivity index (χ3n) is 4.38. The van der Waals surface area contributed by atoms with Crippen LogP contribution in [0.3, 0.4) is 0 Å². The molecule has 0 radical (unpaired) electrons. The van der Waals surface area contributed by atoms with Gasteiger partial charge in [0.25, 0.3) is 0 Å². The summed E-state index contributed by atoms with van der Waals surface area (Å²) in [6, 6.07) is 9.05. The van der Waals surface area contributed by atoms with Crippen LogP contribution < -0.4 is 10.6 Å². The Bertz CT molecular complexity index is 518. The zero-order valence-corrected chi connectivity index (χ0v) is 13.9. The monoisotopic (exact) mass is 318 g/mol. The van der Waals surface area contributed by atoms with Crippen molar-refractivity contribution in [1.82, 2.24) is 10.6 Å². The van der Waals surface area contributed by atoms with Crippen molar-refractivity contribution in [3.05, 3.63) is 35.9 Å². The molecule has 1 saturated carbocycles. The van der Waals surface area contributed by atoms with Gasteiger partial charge in [-0.1, -0.05) is 50.1 Å². The van der Waals surface area contributed by atoms with Gasteiger partial charge in [-0.05, 0) is 31.2 Å². The maximum atomic E-state index is 12.2. The van der Waals surface area contributed by atoms with E-state index in [0.717, 1.165) is 24.8 Å². The molecule has 2 rings (SSSR count). The third kappa shape index (κ3) is 5.58. The van der Waals surface area contributed by atoms with E-state index in [1.165, 1.54) is 6.42 Å². The van der Waals surface area contributed by atoms with E-state index in [1.54, 1.807) is 6.92 Å². The molecule has 0 aromatic heterocycles. The summed E-state index contributed by atoms with van der Waals surface area (Å²) in [5.41, 5.74) is 0.913. The number of nitrogens with one attached hydrogen (secondary N) is 2. The number of hydrogen-bond acceptors (Lipinski definition) is 3. The fourth-order valence-electron chi connectivity index (χ4n) is 2.85. The first-order valence-corrected chi connectivity index (χ1v) is 8.34. The Balaban J connectivity index is 1.73. The lowest BCUT2D eigenvalue weighted by Gasteiger charge is -2.30. The molecule has 0 spiro atoms. The van der Waals surface area contributed by atoms with Gasteiger partial charge in [-0.2, -0.15) is 0 Å². The van der Waals surface area contributed by atoms with Gasteiger partial charge in [0, 0.05) is 6.04 Å². The summed E-state index contributed by atoms with van der Waals surface area (Å²) in [7, 11) is 0. The van der Waals surface area contributed by atoms with Crippen molar-refractivity contribution in [2.24, 2.45) is 5.92 Å². The highest BCUT2D eigenvalue weighted by molar-refractivity contribution is 5.85. The van der Waals surface area contributed by atoms with Gasteiger partial charge in [0.2, 0.25) is 5.91 Å². The Hall–Kier alpha value is -2.04. The molecule has 0 saturated heterocycles. The van der Waals surface area contributed by atoms with Crippen LogP contribution in [-0.4, -0.2) is 24.1 Å². The van der Waals surface area contributed by atoms with Crippen molar-refractivity contribution in [2.45, 2.75) is 58.2 Å². The fraction of sp³-hybridized carbons (Fsp3) is 0.556. The Morgan fingerprint density at radius 2 is 1.91 bits per heavy atom. The van der Waals surface area contributed by atoms with Crippen LogP contribution in [0.5, 0.6) is 0 Å². The van der Waals surface area contributed by atoms with Crippen LogP contribution in [0.25, 0.3) is 0 Å². The Labute approximate surface area is 137 Å². The van der Waals surface area contributed by atoms with E-state index < -0.39 is 12.1 Å². The highest BCUT2D eigenvalue weighted by Crippen LogP contribution is 2.23. The molecule has 1 fully saturated rings. The number of alkyl carbamates (subject to hydrolysis) is 1.